The highest BCUT2D eigenvalue weighted by Crippen LogP contribution is 2.35. The van der Waals surface area contributed by atoms with Gasteiger partial charge in [0.05, 0.1) is 48.7 Å². The highest BCUT2D eigenvalue weighted by atomic mass is 19.4. The summed E-state index contributed by atoms with van der Waals surface area (Å²) in [6.07, 6.45) is -1.83. The molecule has 0 radical (unpaired) electrons. The number of pyridine rings is 1. The first-order chi connectivity index (χ1) is 19.5. The van der Waals surface area contributed by atoms with Crippen LogP contribution < -0.4 is 25.3 Å². The Morgan fingerprint density at radius 1 is 1.02 bits per heavy atom. The number of amides is 1. The standard InChI is InChI=1S/C27H24F3N5O6/c1-4-40-25(37)15-7-16(10-17(8-15)41-13-27(28,29)30)34-22-18-6-5-14(9-21(18)32-12-20(22)23(31)36)19-11-33-26(39-3)35-24(19)38-2/h5-12H,4,13H2,1-3H3,(H2,31,36)(H,32,34). The molecule has 2 aromatic carbocycles. The summed E-state index contributed by atoms with van der Waals surface area (Å²) in [7, 11) is 2.87. The molecule has 4 rings (SSSR count). The van der Waals surface area contributed by atoms with Gasteiger partial charge in [0.1, 0.15) is 5.75 Å². The third kappa shape index (κ3) is 6.72. The number of benzene rings is 2. The van der Waals surface area contributed by atoms with Gasteiger partial charge < -0.3 is 30.0 Å². The first-order valence-corrected chi connectivity index (χ1v) is 12.0. The first kappa shape index (κ1) is 28.9. The normalized spacial score (nSPS) is 11.2. The zero-order valence-corrected chi connectivity index (χ0v) is 22.0. The van der Waals surface area contributed by atoms with E-state index in [0.29, 0.717) is 22.0 Å². The Hall–Kier alpha value is -5.14. The molecule has 0 spiro atoms. The Labute approximate surface area is 231 Å². The van der Waals surface area contributed by atoms with Gasteiger partial charge in [0.25, 0.3) is 5.91 Å². The minimum absolute atomic E-state index is 0.00471. The van der Waals surface area contributed by atoms with Crippen LogP contribution in [-0.2, 0) is 4.74 Å². The number of hydrogen-bond donors (Lipinski definition) is 2. The molecular weight excluding hydrogens is 547 g/mol. The molecule has 0 fully saturated rings. The van der Waals surface area contributed by atoms with Crippen LogP contribution >= 0.6 is 0 Å². The highest BCUT2D eigenvalue weighted by molar-refractivity contribution is 6.08. The van der Waals surface area contributed by atoms with Crippen molar-refractivity contribution < 1.29 is 41.7 Å². The fourth-order valence-corrected chi connectivity index (χ4v) is 3.88. The van der Waals surface area contributed by atoms with Crippen molar-refractivity contribution in [2.75, 3.05) is 32.8 Å². The molecule has 14 heteroatoms. The van der Waals surface area contributed by atoms with Gasteiger partial charge in [-0.15, -0.1) is 0 Å². The molecule has 4 aromatic rings. The molecule has 41 heavy (non-hydrogen) atoms. The van der Waals surface area contributed by atoms with Gasteiger partial charge in [-0.2, -0.15) is 18.2 Å². The maximum Gasteiger partial charge on any atom is 0.422 e. The Balaban J connectivity index is 1.81. The van der Waals surface area contributed by atoms with Crippen LogP contribution in [0.1, 0.15) is 27.6 Å². The van der Waals surface area contributed by atoms with Gasteiger partial charge >= 0.3 is 18.2 Å². The lowest BCUT2D eigenvalue weighted by Gasteiger charge is -2.17. The fraction of sp³-hybridized carbons (Fsp3) is 0.222. The summed E-state index contributed by atoms with van der Waals surface area (Å²) in [6, 6.07) is 8.91. The van der Waals surface area contributed by atoms with Crippen LogP contribution in [0.3, 0.4) is 0 Å². The summed E-state index contributed by atoms with van der Waals surface area (Å²) in [5.41, 5.74) is 7.46. The van der Waals surface area contributed by atoms with Crippen molar-refractivity contribution in [1.29, 1.82) is 0 Å². The van der Waals surface area contributed by atoms with Gasteiger partial charge in [-0.3, -0.25) is 9.78 Å². The third-order valence-electron chi connectivity index (χ3n) is 5.64. The summed E-state index contributed by atoms with van der Waals surface area (Å²) in [5.74, 6) is -1.58. The molecule has 3 N–H and O–H groups in total. The molecular formula is C27H24F3N5O6. The van der Waals surface area contributed by atoms with E-state index in [2.05, 4.69) is 20.3 Å². The van der Waals surface area contributed by atoms with Crippen molar-refractivity contribution in [2.24, 2.45) is 5.73 Å². The number of nitrogens with two attached hydrogens (primary N) is 1. The molecule has 1 amide bonds. The number of alkyl halides is 3. The number of ether oxygens (including phenoxy) is 4. The van der Waals surface area contributed by atoms with Gasteiger partial charge in [-0.05, 0) is 30.7 Å². The van der Waals surface area contributed by atoms with E-state index < -0.39 is 24.7 Å². The molecule has 214 valence electrons. The van der Waals surface area contributed by atoms with E-state index in [1.807, 2.05) is 0 Å². The Morgan fingerprint density at radius 3 is 2.46 bits per heavy atom. The van der Waals surface area contributed by atoms with Gasteiger partial charge in [0.2, 0.25) is 5.88 Å². The molecule has 0 aliphatic heterocycles. The fourth-order valence-electron chi connectivity index (χ4n) is 3.88. The smallest absolute Gasteiger partial charge is 0.422 e. The second-order valence-electron chi connectivity index (χ2n) is 8.42. The number of halogens is 3. The lowest BCUT2D eigenvalue weighted by molar-refractivity contribution is -0.153. The summed E-state index contributed by atoms with van der Waals surface area (Å²) >= 11 is 0. The summed E-state index contributed by atoms with van der Waals surface area (Å²) in [5, 5.41) is 3.44. The van der Waals surface area contributed by atoms with E-state index in [9.17, 15) is 22.8 Å². The lowest BCUT2D eigenvalue weighted by atomic mass is 10.0. The molecule has 0 aliphatic carbocycles. The number of hydrogen-bond acceptors (Lipinski definition) is 10. The zero-order valence-electron chi connectivity index (χ0n) is 22.0. The van der Waals surface area contributed by atoms with Crippen molar-refractivity contribution in [3.8, 4) is 28.8 Å². The summed E-state index contributed by atoms with van der Waals surface area (Å²) in [6.45, 7) is 0.0539. The average molecular weight is 572 g/mol. The number of nitrogens with one attached hydrogen (secondary N) is 1. The monoisotopic (exact) mass is 571 g/mol. The quantitative estimate of drug-likeness (QED) is 0.257. The van der Waals surface area contributed by atoms with Crippen molar-refractivity contribution >= 4 is 34.2 Å². The van der Waals surface area contributed by atoms with Crippen LogP contribution in [0, 0.1) is 0 Å². The molecule has 2 aromatic heterocycles. The van der Waals surface area contributed by atoms with Crippen LogP contribution in [0.25, 0.3) is 22.0 Å². The van der Waals surface area contributed by atoms with Crippen LogP contribution in [0.4, 0.5) is 24.5 Å². The second-order valence-corrected chi connectivity index (χ2v) is 8.42. The van der Waals surface area contributed by atoms with Gasteiger partial charge in [-0.25, -0.2) is 9.78 Å². The number of primary amides is 1. The maximum atomic E-state index is 12.8. The van der Waals surface area contributed by atoms with Crippen molar-refractivity contribution in [2.45, 2.75) is 13.1 Å². The van der Waals surface area contributed by atoms with Crippen molar-refractivity contribution in [3.05, 3.63) is 59.9 Å². The topological polar surface area (TPSA) is 148 Å². The highest BCUT2D eigenvalue weighted by Gasteiger charge is 2.29. The SMILES string of the molecule is CCOC(=O)c1cc(Nc2c(C(N)=O)cnc3cc(-c4cnc(OC)nc4OC)ccc23)cc(OCC(F)(F)F)c1. The molecule has 0 saturated heterocycles. The van der Waals surface area contributed by atoms with E-state index >= 15 is 0 Å². The first-order valence-electron chi connectivity index (χ1n) is 12.0. The predicted octanol–water partition coefficient (Wildman–Crippen LogP) is 4.67. The maximum absolute atomic E-state index is 12.8. The second kappa shape index (κ2) is 11.9. The predicted molar refractivity (Wildman–Crippen MR) is 142 cm³/mol. The minimum Gasteiger partial charge on any atom is -0.484 e. The number of esters is 1. The van der Waals surface area contributed by atoms with E-state index in [-0.39, 0.29) is 46.7 Å². The Morgan fingerprint density at radius 2 is 1.80 bits per heavy atom. The number of carbonyl (C=O) groups is 2. The van der Waals surface area contributed by atoms with E-state index in [0.717, 1.165) is 6.07 Å². The molecule has 0 bridgehead atoms. The molecule has 0 unspecified atom stereocenters. The minimum atomic E-state index is -4.61. The number of rotatable bonds is 10. The molecule has 0 aliphatic rings. The summed E-state index contributed by atoms with van der Waals surface area (Å²) < 4.78 is 58.7. The van der Waals surface area contributed by atoms with E-state index in [1.54, 1.807) is 25.1 Å². The lowest BCUT2D eigenvalue weighted by Crippen LogP contribution is -2.19. The van der Waals surface area contributed by atoms with Crippen LogP contribution in [0.5, 0.6) is 17.6 Å². The molecule has 0 saturated carbocycles. The Kier molecular flexibility index (Phi) is 8.40. The summed E-state index contributed by atoms with van der Waals surface area (Å²) in [4.78, 5) is 37.4. The van der Waals surface area contributed by atoms with Gasteiger partial charge in [-0.1, -0.05) is 12.1 Å². The number of carbonyl (C=O) groups excluding carboxylic acids is 2. The molecule has 11 nitrogen and oxygen atoms in total. The van der Waals surface area contributed by atoms with Crippen LogP contribution in [-0.4, -0.2) is 60.4 Å². The number of fused-ring (bicyclic) bond motifs is 1. The van der Waals surface area contributed by atoms with E-state index in [1.165, 1.54) is 38.7 Å². The van der Waals surface area contributed by atoms with Gasteiger partial charge in [0.15, 0.2) is 6.61 Å². The zero-order chi connectivity index (χ0) is 29.7. The van der Waals surface area contributed by atoms with Crippen LogP contribution in [0.15, 0.2) is 48.8 Å². The number of aromatic nitrogens is 3. The average Bonchev–Trinajstić information content (AvgIpc) is 2.95. The van der Waals surface area contributed by atoms with Gasteiger partial charge in [0, 0.05) is 29.5 Å². The molecule has 0 atom stereocenters. The number of methoxy groups -OCH3 is 2. The Bertz CT molecular complexity index is 1610. The van der Waals surface area contributed by atoms with Crippen LogP contribution in [0.2, 0.25) is 0 Å². The number of nitrogens with zero attached hydrogens (tertiary/aromatic N) is 3. The van der Waals surface area contributed by atoms with Crippen molar-refractivity contribution in [3.63, 3.8) is 0 Å². The number of anilines is 2. The third-order valence-corrected chi connectivity index (χ3v) is 5.64. The van der Waals surface area contributed by atoms with E-state index in [4.69, 9.17) is 24.7 Å². The van der Waals surface area contributed by atoms with Crippen molar-refractivity contribution in [1.82, 2.24) is 15.0 Å². The molecule has 2 heterocycles. The largest absolute Gasteiger partial charge is 0.484 e.